The molecular weight excluding hydrogens is 328 g/mol. The van der Waals surface area contributed by atoms with Gasteiger partial charge in [-0.05, 0) is 31.0 Å². The number of pyridine rings is 1. The van der Waals surface area contributed by atoms with Crippen LogP contribution in [0, 0.1) is 0 Å². The third-order valence-corrected chi connectivity index (χ3v) is 4.69. The molecule has 1 aliphatic rings. The smallest absolute Gasteiger partial charge is 0.222 e. The number of likely N-dealkylation sites (tertiary alicyclic amines) is 1. The topological polar surface area (TPSA) is 86.8 Å². The average molecular weight is 350 g/mol. The second kappa shape index (κ2) is 7.11. The molecule has 1 amide bonds. The van der Waals surface area contributed by atoms with Crippen LogP contribution >= 0.6 is 0 Å². The zero-order valence-corrected chi connectivity index (χ0v) is 14.8. The van der Waals surface area contributed by atoms with Crippen LogP contribution in [0.5, 0.6) is 0 Å². The van der Waals surface area contributed by atoms with Gasteiger partial charge in [0.2, 0.25) is 5.91 Å². The fourth-order valence-corrected chi connectivity index (χ4v) is 3.36. The number of rotatable bonds is 5. The Hall–Kier alpha value is -2.96. The summed E-state index contributed by atoms with van der Waals surface area (Å²) >= 11 is 0. The SMILES string of the molecule is CCCC(=O)N1CC[C@@H](Nc2ncccc2-c2cnc3[nH]ccc3n2)C1. The van der Waals surface area contributed by atoms with Gasteiger partial charge in [0, 0.05) is 43.5 Å². The summed E-state index contributed by atoms with van der Waals surface area (Å²) in [6, 6.07) is 6.00. The van der Waals surface area contributed by atoms with E-state index < -0.39 is 0 Å². The van der Waals surface area contributed by atoms with Gasteiger partial charge in [0.05, 0.1) is 11.9 Å². The van der Waals surface area contributed by atoms with Crippen molar-refractivity contribution in [2.45, 2.75) is 32.2 Å². The first kappa shape index (κ1) is 16.5. The van der Waals surface area contributed by atoms with E-state index in [-0.39, 0.29) is 11.9 Å². The predicted molar refractivity (Wildman–Crippen MR) is 101 cm³/mol. The highest BCUT2D eigenvalue weighted by atomic mass is 16.2. The lowest BCUT2D eigenvalue weighted by atomic mass is 10.1. The number of fused-ring (bicyclic) bond motifs is 1. The van der Waals surface area contributed by atoms with Crippen LogP contribution in [0.25, 0.3) is 22.4 Å². The summed E-state index contributed by atoms with van der Waals surface area (Å²) in [5.41, 5.74) is 3.30. The number of hydrogen-bond acceptors (Lipinski definition) is 5. The molecule has 1 fully saturated rings. The van der Waals surface area contributed by atoms with Gasteiger partial charge in [-0.15, -0.1) is 0 Å². The number of aromatic nitrogens is 4. The minimum absolute atomic E-state index is 0.202. The number of amides is 1. The van der Waals surface area contributed by atoms with Crippen LogP contribution in [-0.4, -0.2) is 49.9 Å². The number of nitrogens with one attached hydrogen (secondary N) is 2. The summed E-state index contributed by atoms with van der Waals surface area (Å²) in [5.74, 6) is 1.02. The van der Waals surface area contributed by atoms with Crippen LogP contribution in [-0.2, 0) is 4.79 Å². The van der Waals surface area contributed by atoms with E-state index in [1.165, 1.54) is 0 Å². The Kier molecular flexibility index (Phi) is 4.51. The van der Waals surface area contributed by atoms with E-state index in [4.69, 9.17) is 0 Å². The Morgan fingerprint density at radius 1 is 1.38 bits per heavy atom. The Morgan fingerprint density at radius 2 is 2.31 bits per heavy atom. The minimum Gasteiger partial charge on any atom is -0.365 e. The summed E-state index contributed by atoms with van der Waals surface area (Å²) in [4.78, 5) is 30.7. The largest absolute Gasteiger partial charge is 0.365 e. The van der Waals surface area contributed by atoms with Crippen molar-refractivity contribution in [3.63, 3.8) is 0 Å². The molecule has 4 rings (SSSR count). The molecular formula is C19H22N6O. The Balaban J connectivity index is 1.54. The zero-order valence-electron chi connectivity index (χ0n) is 14.8. The highest BCUT2D eigenvalue weighted by Gasteiger charge is 2.26. The summed E-state index contributed by atoms with van der Waals surface area (Å²) in [7, 11) is 0. The molecule has 134 valence electrons. The number of H-pyrrole nitrogens is 1. The molecule has 7 nitrogen and oxygen atoms in total. The molecule has 1 saturated heterocycles. The van der Waals surface area contributed by atoms with Crippen LogP contribution in [0.4, 0.5) is 5.82 Å². The van der Waals surface area contributed by atoms with Crippen LogP contribution in [0.15, 0.2) is 36.8 Å². The van der Waals surface area contributed by atoms with Crippen molar-refractivity contribution in [2.75, 3.05) is 18.4 Å². The van der Waals surface area contributed by atoms with E-state index >= 15 is 0 Å². The molecule has 7 heteroatoms. The first-order chi connectivity index (χ1) is 12.7. The van der Waals surface area contributed by atoms with Gasteiger partial charge in [-0.3, -0.25) is 4.79 Å². The molecule has 4 heterocycles. The van der Waals surface area contributed by atoms with Crippen LogP contribution in [0.2, 0.25) is 0 Å². The molecule has 0 aliphatic carbocycles. The Morgan fingerprint density at radius 3 is 3.19 bits per heavy atom. The second-order valence-corrected chi connectivity index (χ2v) is 6.59. The van der Waals surface area contributed by atoms with Gasteiger partial charge in [0.25, 0.3) is 0 Å². The van der Waals surface area contributed by atoms with Crippen LogP contribution < -0.4 is 5.32 Å². The normalized spacial score (nSPS) is 17.0. The van der Waals surface area contributed by atoms with E-state index in [0.29, 0.717) is 6.42 Å². The molecule has 2 N–H and O–H groups in total. The fraction of sp³-hybridized carbons (Fsp3) is 0.368. The molecule has 3 aromatic rings. The number of hydrogen-bond donors (Lipinski definition) is 2. The van der Waals surface area contributed by atoms with E-state index in [0.717, 1.165) is 54.2 Å². The van der Waals surface area contributed by atoms with Crippen LogP contribution in [0.1, 0.15) is 26.2 Å². The van der Waals surface area contributed by atoms with Crippen molar-refractivity contribution in [3.8, 4) is 11.3 Å². The lowest BCUT2D eigenvalue weighted by molar-refractivity contribution is -0.130. The van der Waals surface area contributed by atoms with Gasteiger partial charge in [0.1, 0.15) is 11.3 Å². The first-order valence-corrected chi connectivity index (χ1v) is 9.04. The van der Waals surface area contributed by atoms with E-state index in [9.17, 15) is 4.79 Å². The van der Waals surface area contributed by atoms with Crippen molar-refractivity contribution < 1.29 is 4.79 Å². The molecule has 26 heavy (non-hydrogen) atoms. The van der Waals surface area contributed by atoms with Gasteiger partial charge in [-0.1, -0.05) is 6.92 Å². The maximum Gasteiger partial charge on any atom is 0.222 e. The molecule has 3 aromatic heterocycles. The van der Waals surface area contributed by atoms with Crippen molar-refractivity contribution in [2.24, 2.45) is 0 Å². The van der Waals surface area contributed by atoms with Crippen LogP contribution in [0.3, 0.4) is 0 Å². The van der Waals surface area contributed by atoms with E-state index in [2.05, 4.69) is 25.3 Å². The number of aromatic amines is 1. The van der Waals surface area contributed by atoms with Crippen molar-refractivity contribution in [1.29, 1.82) is 0 Å². The minimum atomic E-state index is 0.202. The maximum atomic E-state index is 12.1. The third-order valence-electron chi connectivity index (χ3n) is 4.69. The van der Waals surface area contributed by atoms with Gasteiger partial charge < -0.3 is 15.2 Å². The molecule has 1 aliphatic heterocycles. The number of carbonyl (C=O) groups is 1. The molecule has 0 unspecified atom stereocenters. The molecule has 0 radical (unpaired) electrons. The molecule has 1 atom stereocenters. The van der Waals surface area contributed by atoms with Crippen molar-refractivity contribution in [3.05, 3.63) is 36.8 Å². The molecule has 0 bridgehead atoms. The monoisotopic (exact) mass is 350 g/mol. The first-order valence-electron chi connectivity index (χ1n) is 9.04. The zero-order chi connectivity index (χ0) is 17.9. The lowest BCUT2D eigenvalue weighted by Gasteiger charge is -2.18. The lowest BCUT2D eigenvalue weighted by Crippen LogP contribution is -2.31. The van der Waals surface area contributed by atoms with Crippen molar-refractivity contribution >= 4 is 22.9 Å². The predicted octanol–water partition coefficient (Wildman–Crippen LogP) is 2.83. The molecule has 0 saturated carbocycles. The third kappa shape index (κ3) is 3.24. The quantitative estimate of drug-likeness (QED) is 0.739. The summed E-state index contributed by atoms with van der Waals surface area (Å²) in [5, 5.41) is 3.50. The van der Waals surface area contributed by atoms with E-state index in [1.807, 2.05) is 36.2 Å². The van der Waals surface area contributed by atoms with Gasteiger partial charge in [-0.25, -0.2) is 15.0 Å². The number of anilines is 1. The maximum absolute atomic E-state index is 12.1. The molecule has 0 spiro atoms. The standard InChI is InChI=1S/C19H22N6O/c1-2-4-17(26)25-10-7-13(12-25)23-18-14(5-3-8-20-18)16-11-22-19-15(24-16)6-9-21-19/h3,5-6,8-9,11,13H,2,4,7,10,12H2,1H3,(H,20,23)(H,21,22)/t13-/m1/s1. The molecule has 0 aromatic carbocycles. The second-order valence-electron chi connectivity index (χ2n) is 6.59. The van der Waals surface area contributed by atoms with E-state index in [1.54, 1.807) is 12.4 Å². The van der Waals surface area contributed by atoms with Gasteiger partial charge in [0.15, 0.2) is 5.65 Å². The Bertz CT molecular complexity index is 921. The highest BCUT2D eigenvalue weighted by molar-refractivity contribution is 5.79. The van der Waals surface area contributed by atoms with Gasteiger partial charge >= 0.3 is 0 Å². The van der Waals surface area contributed by atoms with Crippen molar-refractivity contribution in [1.82, 2.24) is 24.8 Å². The summed E-state index contributed by atoms with van der Waals surface area (Å²) in [6.07, 6.45) is 7.78. The summed E-state index contributed by atoms with van der Waals surface area (Å²) in [6.45, 7) is 3.55. The van der Waals surface area contributed by atoms with Gasteiger partial charge in [-0.2, -0.15) is 0 Å². The number of nitrogens with zero attached hydrogens (tertiary/aromatic N) is 4. The summed E-state index contributed by atoms with van der Waals surface area (Å²) < 4.78 is 0. The highest BCUT2D eigenvalue weighted by Crippen LogP contribution is 2.27. The fourth-order valence-electron chi connectivity index (χ4n) is 3.36. The number of carbonyl (C=O) groups excluding carboxylic acids is 1. The average Bonchev–Trinajstić information content (AvgIpc) is 3.31. The Labute approximate surface area is 151 Å².